The Hall–Kier alpha value is -3.53. The maximum Gasteiger partial charge on any atom is 0.430 e. The average Bonchev–Trinajstić information content (AvgIpc) is 3.07. The molecule has 40 heavy (non-hydrogen) atoms. The minimum Gasteiger partial charge on any atom is -0.488 e. The predicted octanol–water partition coefficient (Wildman–Crippen LogP) is 7.15. The van der Waals surface area contributed by atoms with E-state index in [9.17, 15) is 36.2 Å². The quantitative estimate of drug-likeness (QED) is 0.335. The van der Waals surface area contributed by atoms with E-state index >= 15 is 0 Å². The smallest absolute Gasteiger partial charge is 0.430 e. The van der Waals surface area contributed by atoms with E-state index in [1.54, 1.807) is 43.3 Å². The van der Waals surface area contributed by atoms with Crippen molar-refractivity contribution < 1.29 is 41.0 Å². The summed E-state index contributed by atoms with van der Waals surface area (Å²) in [4.78, 5) is 15.1. The first kappa shape index (κ1) is 29.5. The highest BCUT2D eigenvalue weighted by molar-refractivity contribution is 5.98. The van der Waals surface area contributed by atoms with Crippen molar-refractivity contribution in [2.45, 2.75) is 63.6 Å². The first-order valence-corrected chi connectivity index (χ1v) is 12.7. The Morgan fingerprint density at radius 3 is 2.20 bits per heavy atom. The molecule has 10 heteroatoms. The van der Waals surface area contributed by atoms with Crippen LogP contribution in [0.5, 0.6) is 5.75 Å². The number of amides is 1. The largest absolute Gasteiger partial charge is 0.488 e. The number of nitrogens with zero attached hydrogens (tertiary/aromatic N) is 1. The molecule has 1 N–H and O–H groups in total. The molecule has 4 nitrogen and oxygen atoms in total. The molecule has 1 heterocycles. The lowest BCUT2D eigenvalue weighted by atomic mass is 9.89. The lowest BCUT2D eigenvalue weighted by Gasteiger charge is -2.34. The highest BCUT2D eigenvalue weighted by Gasteiger charge is 2.71. The molecule has 4 rings (SSSR count). The van der Waals surface area contributed by atoms with E-state index in [2.05, 4.69) is 0 Å². The second-order valence-electron chi connectivity index (χ2n) is 10.2. The third kappa shape index (κ3) is 5.54. The third-order valence-electron chi connectivity index (χ3n) is 7.29. The van der Waals surface area contributed by atoms with Gasteiger partial charge in [-0.05, 0) is 62.4 Å². The van der Waals surface area contributed by atoms with Gasteiger partial charge in [0.15, 0.2) is 0 Å². The number of carbonyl (C=O) groups is 1. The molecule has 2 atom stereocenters. The molecule has 3 aromatic rings. The average molecular weight is 566 g/mol. The molecular weight excluding hydrogens is 536 g/mol. The number of alkyl halides is 6. The lowest BCUT2D eigenvalue weighted by molar-refractivity contribution is -0.376. The number of ether oxygens (including phenoxy) is 1. The zero-order chi connectivity index (χ0) is 29.5. The van der Waals surface area contributed by atoms with Gasteiger partial charge in [0.2, 0.25) is 5.91 Å². The van der Waals surface area contributed by atoms with Crippen molar-refractivity contribution in [2.75, 3.05) is 11.4 Å². The Morgan fingerprint density at radius 1 is 0.950 bits per heavy atom. The molecule has 0 fully saturated rings. The summed E-state index contributed by atoms with van der Waals surface area (Å²) in [5, 5.41) is 9.98. The molecule has 214 valence electrons. The van der Waals surface area contributed by atoms with E-state index in [4.69, 9.17) is 4.74 Å². The predicted molar refractivity (Wildman–Crippen MR) is 138 cm³/mol. The summed E-state index contributed by atoms with van der Waals surface area (Å²) in [7, 11) is 0. The van der Waals surface area contributed by atoms with Crippen LogP contribution in [0.1, 0.15) is 47.1 Å². The van der Waals surface area contributed by atoms with Gasteiger partial charge in [-0.1, -0.05) is 60.2 Å². The Morgan fingerprint density at radius 2 is 1.60 bits per heavy atom. The molecule has 0 saturated heterocycles. The van der Waals surface area contributed by atoms with Crippen LogP contribution in [0.25, 0.3) is 0 Å². The maximum absolute atomic E-state index is 13.8. The standard InChI is InChI=1S/C30H29F6NO3/c1-18-9-14-26(19(2)15-18)40-24-12-10-22-16-23(28(39,29(31,32)33)30(34,35)36)11-13-25(22)37(17-24)27(38)20(3)21-7-5-4-6-8-21/h4-9,11,13-16,20,24,39H,10,12,17H2,1-3H3/t20-,24-/m0/s1. The molecule has 3 aromatic carbocycles. The first-order valence-electron chi connectivity index (χ1n) is 12.7. The van der Waals surface area contributed by atoms with Gasteiger partial charge < -0.3 is 14.7 Å². The zero-order valence-electron chi connectivity index (χ0n) is 22.1. The molecule has 0 bridgehead atoms. The number of halogens is 6. The van der Waals surface area contributed by atoms with Crippen molar-refractivity contribution in [1.82, 2.24) is 0 Å². The molecule has 1 aliphatic rings. The number of rotatable bonds is 5. The molecule has 0 spiro atoms. The fourth-order valence-electron chi connectivity index (χ4n) is 5.01. The fourth-order valence-corrected chi connectivity index (χ4v) is 5.01. The maximum atomic E-state index is 13.8. The van der Waals surface area contributed by atoms with E-state index in [0.29, 0.717) is 23.4 Å². The van der Waals surface area contributed by atoms with Crippen LogP contribution in [0.4, 0.5) is 32.0 Å². The minimum atomic E-state index is -6.02. The summed E-state index contributed by atoms with van der Waals surface area (Å²) in [6.45, 7) is 5.49. The van der Waals surface area contributed by atoms with Crippen LogP contribution in [0.3, 0.4) is 0 Å². The Balaban J connectivity index is 1.78. The van der Waals surface area contributed by atoms with Gasteiger partial charge in [0.1, 0.15) is 11.9 Å². The summed E-state index contributed by atoms with van der Waals surface area (Å²) >= 11 is 0. The monoisotopic (exact) mass is 565 g/mol. The van der Waals surface area contributed by atoms with E-state index in [1.165, 1.54) is 4.90 Å². The molecule has 1 amide bonds. The molecule has 0 saturated carbocycles. The number of hydrogen-bond donors (Lipinski definition) is 1. The van der Waals surface area contributed by atoms with Crippen molar-refractivity contribution >= 4 is 11.6 Å². The first-order chi connectivity index (χ1) is 18.6. The summed E-state index contributed by atoms with van der Waals surface area (Å²) in [6, 6.07) is 16.7. The van der Waals surface area contributed by atoms with Crippen LogP contribution in [0.15, 0.2) is 66.7 Å². The number of carbonyl (C=O) groups excluding carboxylic acids is 1. The van der Waals surface area contributed by atoms with E-state index in [1.807, 2.05) is 26.0 Å². The Kier molecular flexibility index (Phi) is 7.95. The molecule has 1 aliphatic heterocycles. The van der Waals surface area contributed by atoms with Crippen LogP contribution in [0, 0.1) is 13.8 Å². The van der Waals surface area contributed by atoms with Gasteiger partial charge in [0.25, 0.3) is 5.60 Å². The SMILES string of the molecule is Cc1ccc(O[C@H]2CCc3cc(C(O)(C(F)(F)F)C(F)(F)F)ccc3N(C(=O)[C@@H](C)c3ccccc3)C2)c(C)c1. The number of anilines is 1. The summed E-state index contributed by atoms with van der Waals surface area (Å²) in [5.41, 5.74) is -3.61. The van der Waals surface area contributed by atoms with Crippen LogP contribution in [-0.2, 0) is 16.8 Å². The van der Waals surface area contributed by atoms with E-state index in [-0.39, 0.29) is 30.6 Å². The van der Waals surface area contributed by atoms with Crippen molar-refractivity contribution in [1.29, 1.82) is 0 Å². The van der Waals surface area contributed by atoms with Gasteiger partial charge in [-0.2, -0.15) is 26.3 Å². The van der Waals surface area contributed by atoms with Gasteiger partial charge in [-0.25, -0.2) is 0 Å². The molecule has 0 unspecified atom stereocenters. The van der Waals surface area contributed by atoms with Gasteiger partial charge in [-0.15, -0.1) is 0 Å². The molecular formula is C30H29F6NO3. The van der Waals surface area contributed by atoms with Gasteiger partial charge in [0, 0.05) is 11.3 Å². The van der Waals surface area contributed by atoms with Crippen molar-refractivity contribution in [3.05, 3.63) is 94.5 Å². The summed E-state index contributed by atoms with van der Waals surface area (Å²) in [5.74, 6) is -0.483. The highest BCUT2D eigenvalue weighted by atomic mass is 19.4. The second kappa shape index (κ2) is 10.8. The van der Waals surface area contributed by atoms with Crippen LogP contribution < -0.4 is 9.64 Å². The second-order valence-corrected chi connectivity index (χ2v) is 10.2. The zero-order valence-corrected chi connectivity index (χ0v) is 22.1. The minimum absolute atomic E-state index is 0.0219. The van der Waals surface area contributed by atoms with E-state index in [0.717, 1.165) is 17.2 Å². The number of benzene rings is 3. The highest BCUT2D eigenvalue weighted by Crippen LogP contribution is 2.51. The molecule has 0 aromatic heterocycles. The van der Waals surface area contributed by atoms with E-state index < -0.39 is 41.4 Å². The molecule has 0 radical (unpaired) electrons. The third-order valence-corrected chi connectivity index (χ3v) is 7.29. The normalized spacial score (nSPS) is 17.1. The van der Waals surface area contributed by atoms with Crippen molar-refractivity contribution in [2.24, 2.45) is 0 Å². The fraction of sp³-hybridized carbons (Fsp3) is 0.367. The number of fused-ring (bicyclic) bond motifs is 1. The Labute approximate surface area is 228 Å². The van der Waals surface area contributed by atoms with Gasteiger partial charge in [-0.3, -0.25) is 4.79 Å². The van der Waals surface area contributed by atoms with Gasteiger partial charge in [0.05, 0.1) is 12.5 Å². The number of aliphatic hydroxyl groups is 1. The summed E-state index contributed by atoms with van der Waals surface area (Å²) < 4.78 is 87.9. The van der Waals surface area contributed by atoms with Crippen molar-refractivity contribution in [3.8, 4) is 5.75 Å². The number of hydrogen-bond acceptors (Lipinski definition) is 3. The number of aryl methyl sites for hydroxylation is 3. The van der Waals surface area contributed by atoms with Gasteiger partial charge >= 0.3 is 12.4 Å². The lowest BCUT2D eigenvalue weighted by Crippen LogP contribution is -2.54. The Bertz CT molecular complexity index is 1360. The topological polar surface area (TPSA) is 49.8 Å². The van der Waals surface area contributed by atoms with Crippen LogP contribution in [0.2, 0.25) is 0 Å². The van der Waals surface area contributed by atoms with Crippen molar-refractivity contribution in [3.63, 3.8) is 0 Å². The van der Waals surface area contributed by atoms with Crippen LogP contribution >= 0.6 is 0 Å². The summed E-state index contributed by atoms with van der Waals surface area (Å²) in [6.07, 6.45) is -12.4. The molecule has 0 aliphatic carbocycles. The van der Waals surface area contributed by atoms with Crippen LogP contribution in [-0.4, -0.2) is 36.0 Å².